The maximum Gasteiger partial charge on any atom is 0.101 e. The second kappa shape index (κ2) is 3.01. The van der Waals surface area contributed by atoms with Gasteiger partial charge in [-0.05, 0) is 0 Å². The summed E-state index contributed by atoms with van der Waals surface area (Å²) in [7, 11) is 1.57. The number of hydrogen-bond acceptors (Lipinski definition) is 2. The number of nitrogens with two attached hydrogens (primary N) is 2. The first-order valence-electron chi connectivity index (χ1n) is 2.21. The minimum Gasteiger partial charge on any atom is -0.387 e. The monoisotopic (exact) mass is 114 g/mol. The van der Waals surface area contributed by atoms with Gasteiger partial charge in [-0.3, -0.25) is 10.4 Å². The largest absolute Gasteiger partial charge is 0.387 e. The Hall–Kier alpha value is -1.06. The molecule has 0 atom stereocenters. The first-order valence-corrected chi connectivity index (χ1v) is 2.21. The normalized spacial score (nSPS) is 11.4. The Morgan fingerprint density at radius 3 is 2.25 bits per heavy atom. The molecule has 8 heavy (non-hydrogen) atoms. The lowest BCUT2D eigenvalue weighted by Gasteiger charge is -1.93. The van der Waals surface area contributed by atoms with E-state index in [1.807, 2.05) is 0 Å². The minimum absolute atomic E-state index is 0.0492. The summed E-state index contributed by atoms with van der Waals surface area (Å²) >= 11 is 0. The third-order valence-electron chi connectivity index (χ3n) is 0.659. The quantitative estimate of drug-likeness (QED) is 0.327. The Labute approximate surface area is 48.1 Å². The predicted octanol–water partition coefficient (Wildman–Crippen LogP) is -0.701. The van der Waals surface area contributed by atoms with Gasteiger partial charge in [0.15, 0.2) is 0 Å². The molecule has 4 heteroatoms. The summed E-state index contributed by atoms with van der Waals surface area (Å²) in [6, 6.07) is 0. The molecule has 5 N–H and O–H groups in total. The Morgan fingerprint density at radius 2 is 2.12 bits per heavy atom. The van der Waals surface area contributed by atoms with Gasteiger partial charge < -0.3 is 11.5 Å². The van der Waals surface area contributed by atoms with Crippen molar-refractivity contribution >= 4 is 11.7 Å². The average molecular weight is 114 g/mol. The fourth-order valence-electron chi connectivity index (χ4n) is 0.274. The molecule has 0 bridgehead atoms. The number of nitrogens with zero attached hydrogens (tertiary/aromatic N) is 1. The molecule has 0 rings (SSSR count). The number of amidine groups is 2. The van der Waals surface area contributed by atoms with Crippen molar-refractivity contribution in [1.82, 2.24) is 0 Å². The van der Waals surface area contributed by atoms with Crippen LogP contribution in [0.4, 0.5) is 0 Å². The zero-order valence-corrected chi connectivity index (χ0v) is 4.81. The molecule has 0 amide bonds. The molecular weight excluding hydrogens is 104 g/mol. The highest BCUT2D eigenvalue weighted by Gasteiger charge is 1.90. The lowest BCUT2D eigenvalue weighted by Crippen LogP contribution is -2.21. The molecule has 0 aromatic rings. The van der Waals surface area contributed by atoms with Crippen LogP contribution in [0.15, 0.2) is 4.99 Å². The highest BCUT2D eigenvalue weighted by Crippen LogP contribution is 1.74. The van der Waals surface area contributed by atoms with E-state index in [2.05, 4.69) is 4.99 Å². The van der Waals surface area contributed by atoms with Crippen molar-refractivity contribution in [3.63, 3.8) is 0 Å². The molecule has 0 saturated carbocycles. The first kappa shape index (κ1) is 6.94. The molecule has 0 heterocycles. The molecule has 0 saturated heterocycles. The highest BCUT2D eigenvalue weighted by atomic mass is 14.8. The molecule has 0 aromatic heterocycles. The van der Waals surface area contributed by atoms with Crippen molar-refractivity contribution in [2.24, 2.45) is 16.5 Å². The van der Waals surface area contributed by atoms with E-state index in [1.165, 1.54) is 0 Å². The van der Waals surface area contributed by atoms with Crippen molar-refractivity contribution in [3.8, 4) is 0 Å². The summed E-state index contributed by atoms with van der Waals surface area (Å²) in [5.74, 6) is 0.450. The van der Waals surface area contributed by atoms with Gasteiger partial charge in [0.1, 0.15) is 5.84 Å². The molecule has 0 unspecified atom stereocenters. The topological polar surface area (TPSA) is 88.2 Å². The molecule has 0 spiro atoms. The van der Waals surface area contributed by atoms with Gasteiger partial charge in [0.2, 0.25) is 0 Å². The van der Waals surface area contributed by atoms with Gasteiger partial charge in [-0.1, -0.05) is 0 Å². The van der Waals surface area contributed by atoms with Crippen LogP contribution >= 0.6 is 0 Å². The van der Waals surface area contributed by atoms with E-state index >= 15 is 0 Å². The minimum atomic E-state index is 0.0492. The van der Waals surface area contributed by atoms with Gasteiger partial charge in [0, 0.05) is 7.05 Å². The zero-order valence-electron chi connectivity index (χ0n) is 4.81. The smallest absolute Gasteiger partial charge is 0.101 e. The Bertz CT molecular complexity index is 115. The van der Waals surface area contributed by atoms with Crippen molar-refractivity contribution in [1.29, 1.82) is 5.41 Å². The van der Waals surface area contributed by atoms with Crippen LogP contribution in [-0.4, -0.2) is 18.7 Å². The van der Waals surface area contributed by atoms with Gasteiger partial charge in [-0.15, -0.1) is 0 Å². The lowest BCUT2D eigenvalue weighted by molar-refractivity contribution is 1.28. The second-order valence-electron chi connectivity index (χ2n) is 1.42. The van der Waals surface area contributed by atoms with E-state index in [9.17, 15) is 0 Å². The van der Waals surface area contributed by atoms with Crippen LogP contribution in [-0.2, 0) is 0 Å². The Balaban J connectivity index is 3.56. The molecule has 4 nitrogen and oxygen atoms in total. The fraction of sp³-hybridized carbons (Fsp3) is 0.500. The van der Waals surface area contributed by atoms with E-state index in [-0.39, 0.29) is 12.3 Å². The fourth-order valence-corrected chi connectivity index (χ4v) is 0.274. The van der Waals surface area contributed by atoms with Gasteiger partial charge in [-0.2, -0.15) is 0 Å². The summed E-state index contributed by atoms with van der Waals surface area (Å²) in [5, 5.41) is 6.74. The molecular formula is C4H10N4. The van der Waals surface area contributed by atoms with E-state index in [1.54, 1.807) is 7.05 Å². The van der Waals surface area contributed by atoms with Crippen LogP contribution in [0.2, 0.25) is 0 Å². The summed E-state index contributed by atoms with van der Waals surface area (Å²) in [4.78, 5) is 3.60. The highest BCUT2D eigenvalue weighted by molar-refractivity contribution is 5.99. The van der Waals surface area contributed by atoms with Crippen LogP contribution in [0.3, 0.4) is 0 Å². The summed E-state index contributed by atoms with van der Waals surface area (Å²) in [6.07, 6.45) is 0.274. The SMILES string of the molecule is CN=C(N)CC(=N)N. The molecule has 0 aromatic carbocycles. The number of aliphatic imine (C=N–C) groups is 1. The first-order chi connectivity index (χ1) is 3.66. The van der Waals surface area contributed by atoms with Crippen LogP contribution in [0.1, 0.15) is 6.42 Å². The molecule has 46 valence electrons. The Kier molecular flexibility index (Phi) is 2.61. The molecule has 0 aliphatic rings. The van der Waals surface area contributed by atoms with Crippen molar-refractivity contribution < 1.29 is 0 Å². The average Bonchev–Trinajstić information content (AvgIpc) is 1.65. The van der Waals surface area contributed by atoms with Crippen molar-refractivity contribution in [3.05, 3.63) is 0 Å². The third kappa shape index (κ3) is 3.14. The van der Waals surface area contributed by atoms with E-state index < -0.39 is 0 Å². The van der Waals surface area contributed by atoms with E-state index in [4.69, 9.17) is 16.9 Å². The van der Waals surface area contributed by atoms with Gasteiger partial charge in [0.25, 0.3) is 0 Å². The van der Waals surface area contributed by atoms with E-state index in [0.29, 0.717) is 5.84 Å². The van der Waals surface area contributed by atoms with Gasteiger partial charge >= 0.3 is 0 Å². The molecule has 0 radical (unpaired) electrons. The van der Waals surface area contributed by atoms with Crippen LogP contribution < -0.4 is 11.5 Å². The van der Waals surface area contributed by atoms with E-state index in [0.717, 1.165) is 0 Å². The molecule has 0 aliphatic carbocycles. The number of hydrogen-bond donors (Lipinski definition) is 3. The van der Waals surface area contributed by atoms with Gasteiger partial charge in [0.05, 0.1) is 12.3 Å². The van der Waals surface area contributed by atoms with Crippen LogP contribution in [0, 0.1) is 5.41 Å². The van der Waals surface area contributed by atoms with Gasteiger partial charge in [-0.25, -0.2) is 0 Å². The summed E-state index contributed by atoms with van der Waals surface area (Å²) in [6.45, 7) is 0. The molecule has 0 aliphatic heterocycles. The second-order valence-corrected chi connectivity index (χ2v) is 1.42. The summed E-state index contributed by atoms with van der Waals surface area (Å²) < 4.78 is 0. The predicted molar refractivity (Wildman–Crippen MR) is 34.1 cm³/mol. The lowest BCUT2D eigenvalue weighted by atomic mass is 10.4. The maximum absolute atomic E-state index is 6.74. The van der Waals surface area contributed by atoms with Crippen molar-refractivity contribution in [2.75, 3.05) is 7.05 Å². The van der Waals surface area contributed by atoms with Crippen LogP contribution in [0.25, 0.3) is 0 Å². The maximum atomic E-state index is 6.74. The summed E-state index contributed by atoms with van der Waals surface area (Å²) in [5.41, 5.74) is 10.2. The van der Waals surface area contributed by atoms with Crippen molar-refractivity contribution in [2.45, 2.75) is 6.42 Å². The molecule has 0 fully saturated rings. The van der Waals surface area contributed by atoms with Crippen LogP contribution in [0.5, 0.6) is 0 Å². The number of rotatable bonds is 2. The number of nitrogens with one attached hydrogen (secondary N) is 1. The Morgan fingerprint density at radius 1 is 1.62 bits per heavy atom. The third-order valence-corrected chi connectivity index (χ3v) is 0.659. The zero-order chi connectivity index (χ0) is 6.57. The standard InChI is InChI=1S/C4H10N4/c1-8-4(7)2-3(5)6/h2H2,1H3,(H3,5,6)(H2,7,8).